The first-order valence-electron chi connectivity index (χ1n) is 8.36. The molecule has 1 amide bonds. The van der Waals surface area contributed by atoms with Crippen LogP contribution < -0.4 is 10.1 Å². The van der Waals surface area contributed by atoms with Crippen LogP contribution in [0.15, 0.2) is 66.7 Å². The van der Waals surface area contributed by atoms with Crippen LogP contribution >= 0.6 is 0 Å². The molecule has 0 aliphatic carbocycles. The average Bonchev–Trinajstić information content (AvgIpc) is 2.67. The van der Waals surface area contributed by atoms with Gasteiger partial charge in [-0.25, -0.2) is 0 Å². The first-order valence-corrected chi connectivity index (χ1v) is 8.36. The minimum atomic E-state index is -0.667. The highest BCUT2D eigenvalue weighted by Crippen LogP contribution is 2.30. The lowest BCUT2D eigenvalue weighted by Gasteiger charge is -2.12. The Morgan fingerprint density at radius 3 is 2.41 bits per heavy atom. The molecule has 0 saturated carbocycles. The van der Waals surface area contributed by atoms with Crippen LogP contribution in [0.4, 0.5) is 5.69 Å². The fourth-order valence-electron chi connectivity index (χ4n) is 2.53. The Morgan fingerprint density at radius 2 is 1.63 bits per heavy atom. The molecule has 3 rings (SSSR count). The van der Waals surface area contributed by atoms with E-state index in [1.807, 2.05) is 30.3 Å². The van der Waals surface area contributed by atoms with Crippen LogP contribution in [0.1, 0.15) is 15.9 Å². The average molecular weight is 365 g/mol. The summed E-state index contributed by atoms with van der Waals surface area (Å²) in [6, 6.07) is 18.0. The minimum Gasteiger partial charge on any atom is -0.508 e. The van der Waals surface area contributed by atoms with Gasteiger partial charge in [-0.3, -0.25) is 4.79 Å². The number of amides is 1. The molecule has 0 fully saturated rings. The molecule has 0 spiro atoms. The first-order chi connectivity index (χ1) is 13.0. The lowest BCUT2D eigenvalue weighted by Crippen LogP contribution is -2.12. The number of carbonyl (C=O) groups excluding carboxylic acids is 1. The molecule has 138 valence electrons. The van der Waals surface area contributed by atoms with Crippen molar-refractivity contribution in [3.63, 3.8) is 0 Å². The molecule has 27 heavy (non-hydrogen) atoms. The van der Waals surface area contributed by atoms with Crippen molar-refractivity contribution in [3.8, 4) is 23.0 Å². The number of ether oxygens (including phenoxy) is 1. The maximum absolute atomic E-state index is 12.3. The predicted octanol–water partition coefficient (Wildman–Crippen LogP) is 3.68. The molecule has 0 unspecified atom stereocenters. The molecule has 0 aromatic heterocycles. The van der Waals surface area contributed by atoms with Gasteiger partial charge in [-0.05, 0) is 35.9 Å². The fraction of sp³-hybridized carbons (Fsp3) is 0.0952. The Balaban J connectivity index is 1.68. The molecular weight excluding hydrogens is 346 g/mol. The van der Waals surface area contributed by atoms with E-state index >= 15 is 0 Å². The Morgan fingerprint density at radius 1 is 0.889 bits per heavy atom. The quantitative estimate of drug-likeness (QED) is 0.395. The molecule has 6 heteroatoms. The Bertz CT molecular complexity index is 941. The van der Waals surface area contributed by atoms with Crippen molar-refractivity contribution in [1.82, 2.24) is 0 Å². The summed E-state index contributed by atoms with van der Waals surface area (Å²) >= 11 is 0. The number of nitrogens with one attached hydrogen (secondary N) is 1. The van der Waals surface area contributed by atoms with E-state index in [0.717, 1.165) is 18.1 Å². The van der Waals surface area contributed by atoms with E-state index in [1.54, 1.807) is 6.07 Å². The first kappa shape index (κ1) is 18.1. The SMILES string of the molecule is O=C(Nc1cc(OCCc2ccccc2)ccc1O)c1cc(O)ccc1O. The molecule has 0 heterocycles. The third kappa shape index (κ3) is 4.70. The van der Waals surface area contributed by atoms with Gasteiger partial charge in [0.1, 0.15) is 23.0 Å². The van der Waals surface area contributed by atoms with Crippen LogP contribution in [-0.2, 0) is 6.42 Å². The summed E-state index contributed by atoms with van der Waals surface area (Å²) in [6.07, 6.45) is 0.723. The number of aromatic hydroxyl groups is 3. The van der Waals surface area contributed by atoms with Crippen LogP contribution in [-0.4, -0.2) is 27.8 Å². The molecule has 3 aromatic carbocycles. The second-order valence-electron chi connectivity index (χ2n) is 5.92. The van der Waals surface area contributed by atoms with E-state index in [9.17, 15) is 20.1 Å². The van der Waals surface area contributed by atoms with Crippen molar-refractivity contribution >= 4 is 11.6 Å². The van der Waals surface area contributed by atoms with E-state index in [0.29, 0.717) is 12.4 Å². The van der Waals surface area contributed by atoms with Crippen LogP contribution in [0.3, 0.4) is 0 Å². The summed E-state index contributed by atoms with van der Waals surface area (Å²) in [7, 11) is 0. The maximum Gasteiger partial charge on any atom is 0.259 e. The van der Waals surface area contributed by atoms with Crippen LogP contribution in [0, 0.1) is 0 Å². The number of benzene rings is 3. The highest BCUT2D eigenvalue weighted by molar-refractivity contribution is 6.07. The molecule has 4 N–H and O–H groups in total. The van der Waals surface area contributed by atoms with E-state index in [-0.39, 0.29) is 28.5 Å². The summed E-state index contributed by atoms with van der Waals surface area (Å²) in [5.74, 6) is -0.752. The van der Waals surface area contributed by atoms with Crippen molar-refractivity contribution < 1.29 is 24.9 Å². The van der Waals surface area contributed by atoms with Crippen LogP contribution in [0.5, 0.6) is 23.0 Å². The van der Waals surface area contributed by atoms with Crippen LogP contribution in [0.25, 0.3) is 0 Å². The van der Waals surface area contributed by atoms with Gasteiger partial charge in [-0.2, -0.15) is 0 Å². The number of carbonyl (C=O) groups is 1. The lowest BCUT2D eigenvalue weighted by molar-refractivity contribution is 0.102. The molecule has 6 nitrogen and oxygen atoms in total. The molecule has 0 atom stereocenters. The number of hydrogen-bond donors (Lipinski definition) is 4. The van der Waals surface area contributed by atoms with Gasteiger partial charge in [0, 0.05) is 12.5 Å². The van der Waals surface area contributed by atoms with E-state index in [2.05, 4.69) is 5.32 Å². The van der Waals surface area contributed by atoms with Gasteiger partial charge in [-0.1, -0.05) is 30.3 Å². The minimum absolute atomic E-state index is 0.107. The summed E-state index contributed by atoms with van der Waals surface area (Å²) in [5, 5.41) is 31.7. The number of anilines is 1. The van der Waals surface area contributed by atoms with Gasteiger partial charge in [0.2, 0.25) is 0 Å². The fourth-order valence-corrected chi connectivity index (χ4v) is 2.53. The molecule has 0 aliphatic rings. The summed E-state index contributed by atoms with van der Waals surface area (Å²) in [5.41, 5.74) is 1.17. The van der Waals surface area contributed by atoms with Crippen molar-refractivity contribution in [2.24, 2.45) is 0 Å². The monoisotopic (exact) mass is 365 g/mol. The normalized spacial score (nSPS) is 10.4. The Kier molecular flexibility index (Phi) is 5.47. The van der Waals surface area contributed by atoms with Crippen molar-refractivity contribution in [2.75, 3.05) is 11.9 Å². The zero-order chi connectivity index (χ0) is 19.2. The second kappa shape index (κ2) is 8.14. The number of phenols is 3. The summed E-state index contributed by atoms with van der Waals surface area (Å²) in [6.45, 7) is 0.440. The van der Waals surface area contributed by atoms with Crippen molar-refractivity contribution in [2.45, 2.75) is 6.42 Å². The molecule has 0 radical (unpaired) electrons. The zero-order valence-corrected chi connectivity index (χ0v) is 14.4. The Labute approximate surface area is 156 Å². The third-order valence-electron chi connectivity index (χ3n) is 3.94. The molecule has 0 saturated heterocycles. The van der Waals surface area contributed by atoms with Gasteiger partial charge < -0.3 is 25.4 Å². The van der Waals surface area contributed by atoms with Gasteiger partial charge >= 0.3 is 0 Å². The maximum atomic E-state index is 12.3. The third-order valence-corrected chi connectivity index (χ3v) is 3.94. The van der Waals surface area contributed by atoms with E-state index in [1.165, 1.54) is 24.3 Å². The highest BCUT2D eigenvalue weighted by atomic mass is 16.5. The smallest absolute Gasteiger partial charge is 0.259 e. The number of rotatable bonds is 6. The Hall–Kier alpha value is -3.67. The van der Waals surface area contributed by atoms with Crippen molar-refractivity contribution in [3.05, 3.63) is 77.9 Å². The lowest BCUT2D eigenvalue weighted by atomic mass is 10.1. The highest BCUT2D eigenvalue weighted by Gasteiger charge is 2.14. The van der Waals surface area contributed by atoms with Crippen molar-refractivity contribution in [1.29, 1.82) is 0 Å². The van der Waals surface area contributed by atoms with E-state index < -0.39 is 5.91 Å². The zero-order valence-electron chi connectivity index (χ0n) is 14.4. The molecule has 0 aliphatic heterocycles. The van der Waals surface area contributed by atoms with Crippen LogP contribution in [0.2, 0.25) is 0 Å². The number of hydrogen-bond acceptors (Lipinski definition) is 5. The summed E-state index contributed by atoms with van der Waals surface area (Å²) in [4.78, 5) is 12.3. The second-order valence-corrected chi connectivity index (χ2v) is 5.92. The van der Waals surface area contributed by atoms with E-state index in [4.69, 9.17) is 4.74 Å². The molecule has 0 bridgehead atoms. The van der Waals surface area contributed by atoms with Gasteiger partial charge in [0.25, 0.3) is 5.91 Å². The molecular formula is C21H19NO5. The molecule has 3 aromatic rings. The predicted molar refractivity (Wildman–Crippen MR) is 101 cm³/mol. The largest absolute Gasteiger partial charge is 0.508 e. The van der Waals surface area contributed by atoms with Gasteiger partial charge in [0.05, 0.1) is 17.9 Å². The summed E-state index contributed by atoms with van der Waals surface area (Å²) < 4.78 is 5.68. The standard InChI is InChI=1S/C21H19NO5/c23-15-6-8-19(24)17(12-15)21(26)22-18-13-16(7-9-20(18)25)27-11-10-14-4-2-1-3-5-14/h1-9,12-13,23-25H,10-11H2,(H,22,26). The van der Waals surface area contributed by atoms with Gasteiger partial charge in [-0.15, -0.1) is 0 Å². The number of phenolic OH excluding ortho intramolecular Hbond substituents is 3. The topological polar surface area (TPSA) is 99.0 Å². The van der Waals surface area contributed by atoms with Gasteiger partial charge in [0.15, 0.2) is 0 Å².